The van der Waals surface area contributed by atoms with Gasteiger partial charge in [0.25, 0.3) is 0 Å². The van der Waals surface area contributed by atoms with Gasteiger partial charge in [-0.15, -0.1) is 0 Å². The monoisotopic (exact) mass is 405 g/mol. The molecule has 1 heterocycles. The van der Waals surface area contributed by atoms with Crippen molar-refractivity contribution in [3.63, 3.8) is 0 Å². The first-order valence-corrected chi connectivity index (χ1v) is 11.0. The van der Waals surface area contributed by atoms with Crippen LogP contribution in [0.15, 0.2) is 47.4 Å². The maximum atomic E-state index is 13.5. The van der Waals surface area contributed by atoms with Crippen molar-refractivity contribution in [1.82, 2.24) is 9.62 Å². The maximum absolute atomic E-state index is 13.5. The van der Waals surface area contributed by atoms with E-state index in [2.05, 4.69) is 33.9 Å². The van der Waals surface area contributed by atoms with Crippen molar-refractivity contribution in [3.8, 4) is 0 Å². The predicted octanol–water partition coefficient (Wildman–Crippen LogP) is 3.32. The van der Waals surface area contributed by atoms with Gasteiger partial charge in [0.05, 0.1) is 4.90 Å². The number of halogens is 1. The van der Waals surface area contributed by atoms with E-state index in [0.29, 0.717) is 5.56 Å². The molecular formula is C21H28FN3O2S. The second-order valence-corrected chi connectivity index (χ2v) is 9.27. The molecule has 152 valence electrons. The van der Waals surface area contributed by atoms with Gasteiger partial charge in [-0.3, -0.25) is 4.90 Å². The van der Waals surface area contributed by atoms with Crippen molar-refractivity contribution >= 4 is 15.7 Å². The summed E-state index contributed by atoms with van der Waals surface area (Å²) in [5.74, 6) is -0.408. The van der Waals surface area contributed by atoms with E-state index in [-0.39, 0.29) is 17.5 Å². The molecule has 5 nitrogen and oxygen atoms in total. The third-order valence-corrected chi connectivity index (χ3v) is 6.70. The number of anilines is 1. The van der Waals surface area contributed by atoms with Gasteiger partial charge in [-0.25, -0.2) is 17.5 Å². The molecule has 0 bridgehead atoms. The molecule has 1 fully saturated rings. The second-order valence-electron chi connectivity index (χ2n) is 7.51. The van der Waals surface area contributed by atoms with Crippen molar-refractivity contribution in [2.75, 3.05) is 38.6 Å². The van der Waals surface area contributed by atoms with Crippen molar-refractivity contribution in [3.05, 3.63) is 59.4 Å². The summed E-state index contributed by atoms with van der Waals surface area (Å²) in [6.45, 7) is 3.75. The molecule has 28 heavy (non-hydrogen) atoms. The number of sulfonamides is 1. The second kappa shape index (κ2) is 8.59. The Morgan fingerprint density at radius 3 is 2.32 bits per heavy atom. The average Bonchev–Trinajstić information content (AvgIpc) is 3.19. The smallest absolute Gasteiger partial charge is 0.240 e. The largest absolute Gasteiger partial charge is 0.378 e. The van der Waals surface area contributed by atoms with E-state index in [1.54, 1.807) is 6.92 Å². The summed E-state index contributed by atoms with van der Waals surface area (Å²) in [6, 6.07) is 12.1. The normalized spacial score (nSPS) is 16.3. The zero-order chi connectivity index (χ0) is 20.3. The fraction of sp³-hybridized carbons (Fsp3) is 0.429. The molecule has 0 unspecified atom stereocenters. The number of benzene rings is 2. The molecule has 1 saturated heterocycles. The molecule has 1 N–H and O–H groups in total. The van der Waals surface area contributed by atoms with Crippen molar-refractivity contribution in [1.29, 1.82) is 0 Å². The summed E-state index contributed by atoms with van der Waals surface area (Å²) in [6.07, 6.45) is 2.24. The maximum Gasteiger partial charge on any atom is 0.240 e. The average molecular weight is 406 g/mol. The first-order valence-electron chi connectivity index (χ1n) is 9.55. The van der Waals surface area contributed by atoms with E-state index in [0.717, 1.165) is 37.2 Å². The molecule has 2 aromatic carbocycles. The summed E-state index contributed by atoms with van der Waals surface area (Å²) in [5, 5.41) is 0. The standard InChI is InChI=1S/C21H28FN3O2S/c1-16-14-19(10-11-20(16)22)28(26,27)23-15-21(25-12-4-5-13-25)17-6-8-18(9-7-17)24(2)3/h6-11,14,21,23H,4-5,12-13,15H2,1-3H3/t21-/m1/s1. The van der Waals surface area contributed by atoms with Crippen LogP contribution in [0.3, 0.4) is 0 Å². The Bertz CT molecular complexity index is 908. The Morgan fingerprint density at radius 2 is 1.75 bits per heavy atom. The number of aryl methyl sites for hydroxylation is 1. The fourth-order valence-corrected chi connectivity index (χ4v) is 4.69. The number of hydrogen-bond donors (Lipinski definition) is 1. The van der Waals surface area contributed by atoms with Crippen LogP contribution in [0.2, 0.25) is 0 Å². The Kier molecular flexibility index (Phi) is 6.37. The van der Waals surface area contributed by atoms with Crippen LogP contribution in [-0.2, 0) is 10.0 Å². The number of rotatable bonds is 7. The summed E-state index contributed by atoms with van der Waals surface area (Å²) in [7, 11) is 0.278. The van der Waals surface area contributed by atoms with Gasteiger partial charge < -0.3 is 4.90 Å². The highest BCUT2D eigenvalue weighted by Gasteiger charge is 2.26. The molecule has 0 aromatic heterocycles. The lowest BCUT2D eigenvalue weighted by atomic mass is 10.1. The van der Waals surface area contributed by atoms with Crippen LogP contribution in [0.5, 0.6) is 0 Å². The summed E-state index contributed by atoms with van der Waals surface area (Å²) >= 11 is 0. The molecule has 2 aromatic rings. The van der Waals surface area contributed by atoms with Crippen LogP contribution < -0.4 is 9.62 Å². The minimum absolute atomic E-state index is 0.0324. The van der Waals surface area contributed by atoms with Gasteiger partial charge in [0.2, 0.25) is 10.0 Å². The van der Waals surface area contributed by atoms with Crippen LogP contribution >= 0.6 is 0 Å². The highest BCUT2D eigenvalue weighted by Crippen LogP contribution is 2.27. The first-order chi connectivity index (χ1) is 13.3. The molecular weight excluding hydrogens is 377 g/mol. The Labute approximate surface area is 167 Å². The Balaban J connectivity index is 1.80. The van der Waals surface area contributed by atoms with E-state index >= 15 is 0 Å². The molecule has 0 spiro atoms. The molecule has 3 rings (SSSR count). The quantitative estimate of drug-likeness (QED) is 0.768. The van der Waals surface area contributed by atoms with Crippen LogP contribution in [0.1, 0.15) is 30.0 Å². The zero-order valence-corrected chi connectivity index (χ0v) is 17.5. The topological polar surface area (TPSA) is 52.7 Å². The van der Waals surface area contributed by atoms with Crippen molar-refractivity contribution in [2.45, 2.75) is 30.7 Å². The Morgan fingerprint density at radius 1 is 1.11 bits per heavy atom. The molecule has 0 saturated carbocycles. The van der Waals surface area contributed by atoms with Crippen molar-refractivity contribution in [2.24, 2.45) is 0 Å². The van der Waals surface area contributed by atoms with E-state index in [4.69, 9.17) is 0 Å². The van der Waals surface area contributed by atoms with Gasteiger partial charge in [0.15, 0.2) is 0 Å². The van der Waals surface area contributed by atoms with Gasteiger partial charge in [0, 0.05) is 32.4 Å². The lowest BCUT2D eigenvalue weighted by Gasteiger charge is -2.28. The van der Waals surface area contributed by atoms with Gasteiger partial charge in [-0.05, 0) is 74.3 Å². The van der Waals surface area contributed by atoms with Crippen LogP contribution in [-0.4, -0.2) is 47.0 Å². The van der Waals surface area contributed by atoms with Crippen LogP contribution in [0, 0.1) is 12.7 Å². The van der Waals surface area contributed by atoms with E-state index in [1.807, 2.05) is 19.0 Å². The summed E-state index contributed by atoms with van der Waals surface area (Å²) in [5.41, 5.74) is 2.51. The van der Waals surface area contributed by atoms with Crippen LogP contribution in [0.25, 0.3) is 0 Å². The number of likely N-dealkylation sites (tertiary alicyclic amines) is 1. The predicted molar refractivity (Wildman–Crippen MR) is 111 cm³/mol. The number of hydrogen-bond acceptors (Lipinski definition) is 4. The van der Waals surface area contributed by atoms with Gasteiger partial charge in [-0.1, -0.05) is 12.1 Å². The fourth-order valence-electron chi connectivity index (χ4n) is 3.56. The van der Waals surface area contributed by atoms with Crippen molar-refractivity contribution < 1.29 is 12.8 Å². The third-order valence-electron chi connectivity index (χ3n) is 5.28. The minimum atomic E-state index is -3.71. The Hall–Kier alpha value is -1.96. The van der Waals surface area contributed by atoms with Gasteiger partial charge >= 0.3 is 0 Å². The van der Waals surface area contributed by atoms with E-state index in [9.17, 15) is 12.8 Å². The van der Waals surface area contributed by atoms with E-state index < -0.39 is 15.8 Å². The van der Waals surface area contributed by atoms with E-state index in [1.165, 1.54) is 18.2 Å². The van der Waals surface area contributed by atoms with Gasteiger partial charge in [0.1, 0.15) is 5.82 Å². The molecule has 0 radical (unpaired) electrons. The first kappa shape index (κ1) is 20.8. The van der Waals surface area contributed by atoms with Crippen LogP contribution in [0.4, 0.5) is 10.1 Å². The number of nitrogens with zero attached hydrogens (tertiary/aromatic N) is 2. The summed E-state index contributed by atoms with van der Waals surface area (Å²) < 4.78 is 41.7. The SMILES string of the molecule is Cc1cc(S(=O)(=O)NC[C@H](c2ccc(N(C)C)cc2)N2CCCC2)ccc1F. The molecule has 1 atom stereocenters. The molecule has 7 heteroatoms. The zero-order valence-electron chi connectivity index (χ0n) is 16.7. The lowest BCUT2D eigenvalue weighted by molar-refractivity contribution is 0.246. The summed E-state index contributed by atoms with van der Waals surface area (Å²) in [4.78, 5) is 4.45. The molecule has 0 aliphatic carbocycles. The highest BCUT2D eigenvalue weighted by molar-refractivity contribution is 7.89. The molecule has 1 aliphatic rings. The third kappa shape index (κ3) is 4.71. The van der Waals surface area contributed by atoms with Gasteiger partial charge in [-0.2, -0.15) is 0 Å². The highest BCUT2D eigenvalue weighted by atomic mass is 32.2. The number of nitrogens with one attached hydrogen (secondary N) is 1. The molecule has 0 amide bonds. The molecule has 1 aliphatic heterocycles. The minimum Gasteiger partial charge on any atom is -0.378 e. The lowest BCUT2D eigenvalue weighted by Crippen LogP contribution is -2.36.